The Labute approximate surface area is 176 Å². The van der Waals surface area contributed by atoms with Gasteiger partial charge in [0.15, 0.2) is 5.92 Å². The average molecular weight is 436 g/mol. The van der Waals surface area contributed by atoms with Crippen LogP contribution < -0.4 is 11.1 Å². The Morgan fingerprint density at radius 1 is 1.32 bits per heavy atom. The van der Waals surface area contributed by atoms with Crippen LogP contribution in [0.15, 0.2) is 11.3 Å². The predicted molar refractivity (Wildman–Crippen MR) is 115 cm³/mol. The van der Waals surface area contributed by atoms with E-state index in [-0.39, 0.29) is 0 Å². The number of hydrogen-bond acceptors (Lipinski definition) is 10. The molecule has 9 nitrogen and oxygen atoms in total. The number of nitrogen functional groups attached to an aromatic ring is 1. The molecule has 2 aromatic heterocycles. The number of imidazole rings is 1. The summed E-state index contributed by atoms with van der Waals surface area (Å²) < 4.78 is 0. The van der Waals surface area contributed by atoms with Crippen LogP contribution in [0.3, 0.4) is 0 Å². The Morgan fingerprint density at radius 2 is 2.11 bits per heavy atom. The summed E-state index contributed by atoms with van der Waals surface area (Å²) in [7, 11) is 0. The van der Waals surface area contributed by atoms with Gasteiger partial charge in [-0.25, -0.2) is 4.98 Å². The number of hydrogen-bond donors (Lipinski definition) is 3. The van der Waals surface area contributed by atoms with Crippen molar-refractivity contribution in [1.29, 1.82) is 10.5 Å². The van der Waals surface area contributed by atoms with Gasteiger partial charge in [0, 0.05) is 35.3 Å². The maximum Gasteiger partial charge on any atom is 0.203 e. The van der Waals surface area contributed by atoms with Gasteiger partial charge < -0.3 is 16.0 Å². The molecule has 0 saturated carbocycles. The largest absolute Gasteiger partial charge is 0.374 e. The smallest absolute Gasteiger partial charge is 0.203 e. The first-order valence-electron chi connectivity index (χ1n) is 8.43. The molecule has 4 N–H and O–H groups in total. The highest BCUT2D eigenvalue weighted by molar-refractivity contribution is 7.98. The summed E-state index contributed by atoms with van der Waals surface area (Å²) in [6, 6.07) is 3.96. The first kappa shape index (κ1) is 22.0. The number of aryl methyl sites for hydroxylation is 1. The van der Waals surface area contributed by atoms with Crippen LogP contribution in [0, 0.1) is 35.5 Å². The second-order valence-corrected chi connectivity index (χ2v) is 8.80. The summed E-state index contributed by atoms with van der Waals surface area (Å²) in [5.41, 5.74) is 7.67. The zero-order chi connectivity index (χ0) is 20.2. The molecule has 12 heteroatoms. The zero-order valence-electron chi connectivity index (χ0n) is 15.4. The fourth-order valence-electron chi connectivity index (χ4n) is 2.07. The first-order chi connectivity index (χ1) is 13.6. The molecule has 0 unspecified atom stereocenters. The third-order valence-corrected chi connectivity index (χ3v) is 6.34. The minimum Gasteiger partial charge on any atom is -0.374 e. The third-order valence-electron chi connectivity index (χ3n) is 3.48. The maximum atomic E-state index is 9.17. The van der Waals surface area contributed by atoms with Crippen molar-refractivity contribution in [3.8, 4) is 12.1 Å². The van der Waals surface area contributed by atoms with Gasteiger partial charge in [-0.3, -0.25) is 4.99 Å². The van der Waals surface area contributed by atoms with Crippen molar-refractivity contribution in [3.05, 3.63) is 22.7 Å². The van der Waals surface area contributed by atoms with Gasteiger partial charge in [-0.15, -0.1) is 10.2 Å². The van der Waals surface area contributed by atoms with Gasteiger partial charge in [0.05, 0.1) is 30.7 Å². The lowest BCUT2D eigenvalue weighted by atomic mass is 10.2. The lowest BCUT2D eigenvalue weighted by Crippen LogP contribution is -2.32. The highest BCUT2D eigenvalue weighted by Crippen LogP contribution is 2.17. The quantitative estimate of drug-likeness (QED) is 0.273. The van der Waals surface area contributed by atoms with E-state index in [2.05, 4.69) is 30.5 Å². The fourth-order valence-corrected chi connectivity index (χ4v) is 4.43. The van der Waals surface area contributed by atoms with Crippen molar-refractivity contribution in [3.63, 3.8) is 0 Å². The van der Waals surface area contributed by atoms with Crippen molar-refractivity contribution < 1.29 is 0 Å². The van der Waals surface area contributed by atoms with Crippen LogP contribution in [0.25, 0.3) is 0 Å². The number of aliphatic imine (C=N–C) groups is 1. The molecule has 0 saturated heterocycles. The number of anilines is 1. The highest BCUT2D eigenvalue weighted by Gasteiger charge is 2.14. The molecule has 0 radical (unpaired) electrons. The van der Waals surface area contributed by atoms with E-state index in [0.29, 0.717) is 24.1 Å². The molecule has 0 aliphatic rings. The number of thioether (sulfide) groups is 2. The molecule has 0 atom stereocenters. The van der Waals surface area contributed by atoms with Gasteiger partial charge in [-0.1, -0.05) is 11.3 Å². The second-order valence-electron chi connectivity index (χ2n) is 5.50. The molecule has 2 aromatic rings. The van der Waals surface area contributed by atoms with Crippen molar-refractivity contribution in [2.45, 2.75) is 18.4 Å². The summed E-state index contributed by atoms with van der Waals surface area (Å²) in [6.45, 7) is 3.14. The Kier molecular flexibility index (Phi) is 9.62. The number of nitrogens with two attached hydrogens (primary N) is 1. The molecule has 0 bridgehead atoms. The van der Waals surface area contributed by atoms with Crippen LogP contribution in [0.1, 0.15) is 16.4 Å². The number of nitrogens with one attached hydrogen (secondary N) is 2. The molecule has 148 valence electrons. The van der Waals surface area contributed by atoms with E-state index in [1.165, 1.54) is 11.3 Å². The standard InChI is InChI=1S/C16H21N9S3/c1-11-13(23-10-22-11)8-26-4-2-20-15(12(6-17)7-18)21-3-5-27-9-14-24-25-16(19)28-14/h10,12H,2-5,8-9H2,1H3,(H2,19,25)(H,20,21)(H,22,23). The Balaban J connectivity index is 1.72. The van der Waals surface area contributed by atoms with Gasteiger partial charge in [0.25, 0.3) is 0 Å². The monoisotopic (exact) mass is 435 g/mol. The third kappa shape index (κ3) is 7.38. The Hall–Kier alpha value is -2.28. The SMILES string of the molecule is Cc1[nH]cnc1CSCCNC(=NCCSCc1nnc(N)s1)C(C#N)C#N. The van der Waals surface area contributed by atoms with Crippen LogP contribution in [0.4, 0.5) is 5.13 Å². The van der Waals surface area contributed by atoms with Crippen LogP contribution in [0.5, 0.6) is 0 Å². The number of nitrogens with zero attached hydrogens (tertiary/aromatic N) is 6. The van der Waals surface area contributed by atoms with Gasteiger partial charge in [0.1, 0.15) is 10.8 Å². The Morgan fingerprint density at radius 3 is 2.75 bits per heavy atom. The first-order valence-corrected chi connectivity index (χ1v) is 11.6. The normalized spacial score (nSPS) is 11.4. The van der Waals surface area contributed by atoms with E-state index in [1.54, 1.807) is 29.9 Å². The van der Waals surface area contributed by atoms with Crippen molar-refractivity contribution >= 4 is 45.8 Å². The van der Waals surface area contributed by atoms with E-state index in [9.17, 15) is 0 Å². The molecule has 0 aliphatic carbocycles. The summed E-state index contributed by atoms with van der Waals surface area (Å²) in [5.74, 6) is 2.66. The lowest BCUT2D eigenvalue weighted by molar-refractivity contribution is 0.902. The number of rotatable bonds is 11. The maximum absolute atomic E-state index is 9.17. The van der Waals surface area contributed by atoms with Crippen molar-refractivity contribution in [2.24, 2.45) is 10.9 Å². The van der Waals surface area contributed by atoms with Crippen LogP contribution >= 0.6 is 34.9 Å². The molecule has 0 fully saturated rings. The summed E-state index contributed by atoms with van der Waals surface area (Å²) >= 11 is 4.76. The fraction of sp³-hybridized carbons (Fsp3) is 0.500. The van der Waals surface area contributed by atoms with Crippen molar-refractivity contribution in [2.75, 3.05) is 30.3 Å². The van der Waals surface area contributed by atoms with Crippen LogP contribution in [-0.2, 0) is 11.5 Å². The summed E-state index contributed by atoms with van der Waals surface area (Å²) in [4.78, 5) is 11.7. The molecule has 28 heavy (non-hydrogen) atoms. The minimum atomic E-state index is -0.883. The minimum absolute atomic E-state index is 0.433. The van der Waals surface area contributed by atoms with Gasteiger partial charge in [-0.2, -0.15) is 34.0 Å². The van der Waals surface area contributed by atoms with E-state index in [1.807, 2.05) is 19.1 Å². The number of nitriles is 2. The number of amidine groups is 1. The number of aromatic nitrogens is 4. The summed E-state index contributed by atoms with van der Waals surface area (Å²) in [5, 5.41) is 30.6. The molecule has 0 aromatic carbocycles. The molecule has 0 spiro atoms. The van der Waals surface area contributed by atoms with Gasteiger partial charge >= 0.3 is 0 Å². The zero-order valence-corrected chi connectivity index (χ0v) is 17.8. The number of aromatic amines is 1. The Bertz CT molecular complexity index is 832. The molecule has 0 amide bonds. The van der Waals surface area contributed by atoms with E-state index < -0.39 is 5.92 Å². The van der Waals surface area contributed by atoms with Gasteiger partial charge in [0.2, 0.25) is 5.13 Å². The molecule has 2 heterocycles. The molecule has 2 rings (SSSR count). The van der Waals surface area contributed by atoms with Crippen molar-refractivity contribution in [1.82, 2.24) is 25.5 Å². The molecule has 0 aliphatic heterocycles. The highest BCUT2D eigenvalue weighted by atomic mass is 32.2. The van der Waals surface area contributed by atoms with Crippen LogP contribution in [-0.4, -0.2) is 50.6 Å². The summed E-state index contributed by atoms with van der Waals surface area (Å²) in [6.07, 6.45) is 1.69. The topological polar surface area (TPSA) is 152 Å². The lowest BCUT2D eigenvalue weighted by Gasteiger charge is -2.10. The molecular weight excluding hydrogens is 414 g/mol. The predicted octanol–water partition coefficient (Wildman–Crippen LogP) is 1.97. The van der Waals surface area contributed by atoms with Crippen LogP contribution in [0.2, 0.25) is 0 Å². The van der Waals surface area contributed by atoms with E-state index in [0.717, 1.165) is 39.4 Å². The average Bonchev–Trinajstić information content (AvgIpc) is 3.29. The molecular formula is C16H21N9S3. The number of H-pyrrole nitrogens is 1. The van der Waals surface area contributed by atoms with Gasteiger partial charge in [-0.05, 0) is 6.92 Å². The van der Waals surface area contributed by atoms with E-state index in [4.69, 9.17) is 16.3 Å². The second kappa shape index (κ2) is 12.2. The van der Waals surface area contributed by atoms with E-state index >= 15 is 0 Å².